The summed E-state index contributed by atoms with van der Waals surface area (Å²) >= 11 is 0. The van der Waals surface area contributed by atoms with E-state index in [1.807, 2.05) is 0 Å². The second kappa shape index (κ2) is 7.35. The molecule has 0 aliphatic heterocycles. The van der Waals surface area contributed by atoms with Crippen molar-refractivity contribution in [3.8, 4) is 0 Å². The van der Waals surface area contributed by atoms with E-state index in [9.17, 15) is 0 Å². The van der Waals surface area contributed by atoms with Crippen LogP contribution in [0.15, 0.2) is 13.2 Å². The first-order valence-electron chi connectivity index (χ1n) is 5.10. The molecular weight excluding hydrogens is 146 g/mol. The van der Waals surface area contributed by atoms with Crippen molar-refractivity contribution in [2.24, 2.45) is 11.7 Å². The molecule has 1 saturated carbocycles. The highest BCUT2D eigenvalue weighted by Crippen LogP contribution is 2.26. The van der Waals surface area contributed by atoms with Crippen LogP contribution in [0.1, 0.15) is 45.4 Å². The van der Waals surface area contributed by atoms with Crippen LogP contribution in [0.2, 0.25) is 0 Å². The van der Waals surface area contributed by atoms with Crippen LogP contribution >= 0.6 is 0 Å². The highest BCUT2D eigenvalue weighted by Gasteiger charge is 2.18. The van der Waals surface area contributed by atoms with Gasteiger partial charge in [0.1, 0.15) is 0 Å². The zero-order valence-electron chi connectivity index (χ0n) is 8.39. The van der Waals surface area contributed by atoms with Crippen LogP contribution in [0.25, 0.3) is 0 Å². The molecule has 0 aromatic carbocycles. The quantitative estimate of drug-likeness (QED) is 0.631. The summed E-state index contributed by atoms with van der Waals surface area (Å²) < 4.78 is 0. The molecule has 1 aliphatic rings. The summed E-state index contributed by atoms with van der Waals surface area (Å²) in [6.45, 7) is 8.19. The molecule has 0 heterocycles. The molecule has 0 bridgehead atoms. The fourth-order valence-electron chi connectivity index (χ4n) is 1.90. The van der Waals surface area contributed by atoms with Crippen molar-refractivity contribution in [1.29, 1.82) is 0 Å². The molecule has 1 fully saturated rings. The van der Waals surface area contributed by atoms with E-state index in [1.54, 1.807) is 0 Å². The summed E-state index contributed by atoms with van der Waals surface area (Å²) in [5.74, 6) is 0.846. The zero-order valence-corrected chi connectivity index (χ0v) is 8.39. The van der Waals surface area contributed by atoms with Gasteiger partial charge in [0, 0.05) is 6.04 Å². The third-order valence-electron chi connectivity index (χ3n) is 2.73. The Hall–Kier alpha value is -0.300. The first-order valence-corrected chi connectivity index (χ1v) is 5.10. The van der Waals surface area contributed by atoms with Crippen LogP contribution in [-0.2, 0) is 0 Å². The second-order valence-electron chi connectivity index (χ2n) is 3.47. The second-order valence-corrected chi connectivity index (χ2v) is 3.47. The number of rotatable bonds is 2. The summed E-state index contributed by atoms with van der Waals surface area (Å²) in [4.78, 5) is 0. The van der Waals surface area contributed by atoms with Gasteiger partial charge in [0.2, 0.25) is 0 Å². The minimum atomic E-state index is 0.486. The van der Waals surface area contributed by atoms with Crippen LogP contribution < -0.4 is 5.73 Å². The fraction of sp³-hybridized carbons (Fsp3) is 0.818. The molecular formula is C11H23N. The molecule has 72 valence electrons. The Morgan fingerprint density at radius 2 is 1.75 bits per heavy atom. The van der Waals surface area contributed by atoms with Gasteiger partial charge in [-0.25, -0.2) is 0 Å². The van der Waals surface area contributed by atoms with Crippen molar-refractivity contribution in [3.63, 3.8) is 0 Å². The van der Waals surface area contributed by atoms with E-state index >= 15 is 0 Å². The molecule has 0 aromatic rings. The van der Waals surface area contributed by atoms with Gasteiger partial charge >= 0.3 is 0 Å². The van der Waals surface area contributed by atoms with Crippen LogP contribution in [0.3, 0.4) is 0 Å². The molecule has 0 aromatic heterocycles. The molecule has 1 unspecified atom stereocenters. The standard InChI is InChI=1S/C9H19N.C2H4/c1-2-9(10)8-6-4-3-5-7-8;1-2/h8-9H,2-7,10H2,1H3;1-2H2. The lowest BCUT2D eigenvalue weighted by Gasteiger charge is -2.26. The van der Waals surface area contributed by atoms with Gasteiger partial charge in [0.25, 0.3) is 0 Å². The smallest absolute Gasteiger partial charge is 0.00645 e. The van der Waals surface area contributed by atoms with Crippen LogP contribution in [-0.4, -0.2) is 6.04 Å². The topological polar surface area (TPSA) is 26.0 Å². The third-order valence-corrected chi connectivity index (χ3v) is 2.73. The van der Waals surface area contributed by atoms with Gasteiger partial charge in [-0.2, -0.15) is 0 Å². The van der Waals surface area contributed by atoms with E-state index in [1.165, 1.54) is 32.1 Å². The van der Waals surface area contributed by atoms with Gasteiger partial charge in [0.05, 0.1) is 0 Å². The average Bonchev–Trinajstić information content (AvgIpc) is 2.21. The summed E-state index contributed by atoms with van der Waals surface area (Å²) in [6, 6.07) is 0.486. The van der Waals surface area contributed by atoms with E-state index in [0.717, 1.165) is 12.3 Å². The summed E-state index contributed by atoms with van der Waals surface area (Å²) in [7, 11) is 0. The van der Waals surface area contributed by atoms with Crippen molar-refractivity contribution in [2.75, 3.05) is 0 Å². The number of nitrogens with two attached hydrogens (primary N) is 1. The van der Waals surface area contributed by atoms with E-state index in [-0.39, 0.29) is 0 Å². The maximum atomic E-state index is 5.95. The van der Waals surface area contributed by atoms with Gasteiger partial charge in [-0.05, 0) is 25.2 Å². The van der Waals surface area contributed by atoms with Crippen molar-refractivity contribution in [1.82, 2.24) is 0 Å². The molecule has 1 atom stereocenters. The fourth-order valence-corrected chi connectivity index (χ4v) is 1.90. The molecule has 1 aliphatic carbocycles. The Morgan fingerprint density at radius 1 is 1.25 bits per heavy atom. The Bertz CT molecular complexity index is 95.2. The zero-order chi connectivity index (χ0) is 9.40. The molecule has 0 spiro atoms. The minimum Gasteiger partial charge on any atom is -0.327 e. The Balaban J connectivity index is 0.000000561. The van der Waals surface area contributed by atoms with Crippen molar-refractivity contribution >= 4 is 0 Å². The molecule has 0 saturated heterocycles. The van der Waals surface area contributed by atoms with E-state index in [0.29, 0.717) is 6.04 Å². The average molecular weight is 169 g/mol. The molecule has 1 rings (SSSR count). The lowest BCUT2D eigenvalue weighted by atomic mass is 9.83. The normalized spacial score (nSPS) is 20.8. The van der Waals surface area contributed by atoms with Gasteiger partial charge in [0.15, 0.2) is 0 Å². The molecule has 0 amide bonds. The van der Waals surface area contributed by atoms with Gasteiger partial charge in [-0.3, -0.25) is 0 Å². The summed E-state index contributed by atoms with van der Waals surface area (Å²) in [5, 5.41) is 0. The van der Waals surface area contributed by atoms with Crippen LogP contribution in [0.5, 0.6) is 0 Å². The van der Waals surface area contributed by atoms with E-state index < -0.39 is 0 Å². The molecule has 1 nitrogen and oxygen atoms in total. The summed E-state index contributed by atoms with van der Waals surface area (Å²) in [5.41, 5.74) is 5.95. The third kappa shape index (κ3) is 3.91. The SMILES string of the molecule is C=C.CCC(N)C1CCCCC1. The lowest BCUT2D eigenvalue weighted by molar-refractivity contribution is 0.300. The summed E-state index contributed by atoms with van der Waals surface area (Å²) in [6.07, 6.45) is 8.19. The maximum Gasteiger partial charge on any atom is 0.00645 e. The van der Waals surface area contributed by atoms with Crippen molar-refractivity contribution in [2.45, 2.75) is 51.5 Å². The Kier molecular flexibility index (Phi) is 7.17. The van der Waals surface area contributed by atoms with Gasteiger partial charge < -0.3 is 5.73 Å². The predicted molar refractivity (Wildman–Crippen MR) is 56.1 cm³/mol. The Labute approximate surface area is 77.0 Å². The van der Waals surface area contributed by atoms with Crippen molar-refractivity contribution in [3.05, 3.63) is 13.2 Å². The minimum absolute atomic E-state index is 0.486. The molecule has 2 N–H and O–H groups in total. The van der Waals surface area contributed by atoms with Crippen molar-refractivity contribution < 1.29 is 0 Å². The van der Waals surface area contributed by atoms with Crippen LogP contribution in [0, 0.1) is 5.92 Å². The first-order chi connectivity index (χ1) is 5.84. The lowest BCUT2D eigenvalue weighted by Crippen LogP contribution is -2.30. The highest BCUT2D eigenvalue weighted by molar-refractivity contribution is 4.74. The largest absolute Gasteiger partial charge is 0.327 e. The molecule has 1 heteroatoms. The monoisotopic (exact) mass is 169 g/mol. The predicted octanol–water partition coefficient (Wildman–Crippen LogP) is 3.11. The number of hydrogen-bond acceptors (Lipinski definition) is 1. The van der Waals surface area contributed by atoms with Gasteiger partial charge in [-0.1, -0.05) is 26.2 Å². The highest BCUT2D eigenvalue weighted by atomic mass is 14.6. The van der Waals surface area contributed by atoms with Gasteiger partial charge in [-0.15, -0.1) is 13.2 Å². The van der Waals surface area contributed by atoms with Crippen LogP contribution in [0.4, 0.5) is 0 Å². The first kappa shape index (κ1) is 11.7. The molecule has 12 heavy (non-hydrogen) atoms. The molecule has 0 radical (unpaired) electrons. The van der Waals surface area contributed by atoms with E-state index in [2.05, 4.69) is 20.1 Å². The van der Waals surface area contributed by atoms with E-state index in [4.69, 9.17) is 5.73 Å². The Morgan fingerprint density at radius 3 is 2.17 bits per heavy atom. The number of hydrogen-bond donors (Lipinski definition) is 1. The maximum absolute atomic E-state index is 5.95.